The molecule has 0 unspecified atom stereocenters. The molecule has 0 aliphatic heterocycles. The molecule has 0 saturated carbocycles. The molecule has 0 saturated heterocycles. The molecular formula is C15H39NO4. The van der Waals surface area contributed by atoms with E-state index in [-0.39, 0.29) is 1.43 Å². The van der Waals surface area contributed by atoms with E-state index in [1.165, 1.54) is 0 Å². The average Bonchev–Trinajstić information content (AvgIpc) is 2.52. The van der Waals surface area contributed by atoms with E-state index in [0.717, 1.165) is 13.0 Å². The van der Waals surface area contributed by atoms with Crippen LogP contribution in [0.3, 0.4) is 0 Å². The van der Waals surface area contributed by atoms with Crippen molar-refractivity contribution in [2.24, 2.45) is 5.73 Å². The molecule has 0 aromatic rings. The van der Waals surface area contributed by atoms with Gasteiger partial charge in [0.1, 0.15) is 0 Å². The topological polar surface area (TPSA) is 62.9 Å². The van der Waals surface area contributed by atoms with Crippen molar-refractivity contribution in [2.45, 2.75) is 41.0 Å². The molecule has 0 spiro atoms. The summed E-state index contributed by atoms with van der Waals surface area (Å²) in [5.74, 6) is 0. The van der Waals surface area contributed by atoms with E-state index >= 15 is 0 Å². The maximum absolute atomic E-state index is 5.30. The Bertz CT molecular complexity index is 118. The lowest BCUT2D eigenvalue weighted by Gasteiger charge is -2.06. The van der Waals surface area contributed by atoms with E-state index in [4.69, 9.17) is 24.7 Å². The lowest BCUT2D eigenvalue weighted by atomic mass is 10.5. The first-order valence-corrected chi connectivity index (χ1v) is 7.92. The van der Waals surface area contributed by atoms with E-state index in [9.17, 15) is 0 Å². The van der Waals surface area contributed by atoms with E-state index < -0.39 is 0 Å². The van der Waals surface area contributed by atoms with Gasteiger partial charge in [0.25, 0.3) is 0 Å². The molecule has 0 bridgehead atoms. The van der Waals surface area contributed by atoms with Crippen LogP contribution in [-0.2, 0) is 18.9 Å². The van der Waals surface area contributed by atoms with Crippen LogP contribution < -0.4 is 5.73 Å². The molecule has 0 radical (unpaired) electrons. The van der Waals surface area contributed by atoms with Gasteiger partial charge in [-0.25, -0.2) is 0 Å². The van der Waals surface area contributed by atoms with Gasteiger partial charge in [-0.2, -0.15) is 0 Å². The van der Waals surface area contributed by atoms with Crippen molar-refractivity contribution in [1.29, 1.82) is 0 Å². The highest BCUT2D eigenvalue weighted by Gasteiger charge is 1.91. The van der Waals surface area contributed by atoms with Crippen LogP contribution in [0, 0.1) is 0 Å². The highest BCUT2D eigenvalue weighted by Crippen LogP contribution is 1.83. The maximum Gasteiger partial charge on any atom is 0.0701 e. The van der Waals surface area contributed by atoms with Crippen molar-refractivity contribution in [3.05, 3.63) is 0 Å². The fourth-order valence-electron chi connectivity index (χ4n) is 0.989. The van der Waals surface area contributed by atoms with Gasteiger partial charge >= 0.3 is 0 Å². The summed E-state index contributed by atoms with van der Waals surface area (Å²) in [5.41, 5.74) is 5.26. The molecule has 20 heavy (non-hydrogen) atoms. The normalized spacial score (nSPS) is 9.30. The minimum absolute atomic E-state index is 0. The van der Waals surface area contributed by atoms with Crippen LogP contribution in [-0.4, -0.2) is 59.4 Å². The van der Waals surface area contributed by atoms with Crippen LogP contribution in [0.4, 0.5) is 0 Å². The molecule has 0 aromatic carbocycles. The van der Waals surface area contributed by atoms with Gasteiger partial charge in [-0.05, 0) is 6.42 Å². The van der Waals surface area contributed by atoms with Gasteiger partial charge in [-0.1, -0.05) is 34.6 Å². The van der Waals surface area contributed by atoms with Crippen LogP contribution >= 0.6 is 0 Å². The average molecular weight is 297 g/mol. The maximum atomic E-state index is 5.30. The Morgan fingerprint density at radius 1 is 0.600 bits per heavy atom. The number of rotatable bonds is 13. The van der Waals surface area contributed by atoms with Crippen molar-refractivity contribution in [3.63, 3.8) is 0 Å². The van der Waals surface area contributed by atoms with Gasteiger partial charge < -0.3 is 24.7 Å². The SMILES string of the molecule is CC.CC.CCCOCCOCCOCCOCCN.[HH]. The summed E-state index contributed by atoms with van der Waals surface area (Å²) in [4.78, 5) is 0. The first-order chi connectivity index (χ1) is 9.91. The summed E-state index contributed by atoms with van der Waals surface area (Å²) in [7, 11) is 0. The van der Waals surface area contributed by atoms with Gasteiger partial charge in [0.2, 0.25) is 0 Å². The molecule has 5 heteroatoms. The Morgan fingerprint density at radius 2 is 0.900 bits per heavy atom. The molecule has 0 amide bonds. The first-order valence-electron chi connectivity index (χ1n) is 7.92. The Hall–Kier alpha value is -0.200. The Labute approximate surface area is 127 Å². The summed E-state index contributed by atoms with van der Waals surface area (Å²) in [6, 6.07) is 0. The van der Waals surface area contributed by atoms with Crippen molar-refractivity contribution in [3.8, 4) is 0 Å². The molecule has 128 valence electrons. The zero-order valence-electron chi connectivity index (χ0n) is 14.3. The minimum atomic E-state index is 0. The smallest absolute Gasteiger partial charge is 0.0701 e. The number of hydrogen-bond acceptors (Lipinski definition) is 5. The highest BCUT2D eigenvalue weighted by molar-refractivity contribution is 4.35. The quantitative estimate of drug-likeness (QED) is 0.530. The molecule has 0 aliphatic rings. The largest absolute Gasteiger partial charge is 0.379 e. The van der Waals surface area contributed by atoms with Crippen molar-refractivity contribution < 1.29 is 20.4 Å². The van der Waals surface area contributed by atoms with Gasteiger partial charge in [0.15, 0.2) is 0 Å². The minimum Gasteiger partial charge on any atom is -0.379 e. The van der Waals surface area contributed by atoms with Crippen LogP contribution in [0.25, 0.3) is 0 Å². The van der Waals surface area contributed by atoms with E-state index in [2.05, 4.69) is 6.92 Å². The summed E-state index contributed by atoms with van der Waals surface area (Å²) >= 11 is 0. The zero-order valence-corrected chi connectivity index (χ0v) is 14.3. The molecule has 0 rings (SSSR count). The second-order valence-corrected chi connectivity index (χ2v) is 3.24. The Balaban J connectivity index is -0.000000264. The lowest BCUT2D eigenvalue weighted by Crippen LogP contribution is -2.14. The molecule has 0 aromatic heterocycles. The van der Waals surface area contributed by atoms with Gasteiger partial charge in [0, 0.05) is 14.6 Å². The predicted molar refractivity (Wildman–Crippen MR) is 87.4 cm³/mol. The van der Waals surface area contributed by atoms with Gasteiger partial charge in [-0.15, -0.1) is 0 Å². The third-order valence-corrected chi connectivity index (χ3v) is 1.73. The fraction of sp³-hybridized carbons (Fsp3) is 1.00. The Morgan fingerprint density at radius 3 is 1.20 bits per heavy atom. The summed E-state index contributed by atoms with van der Waals surface area (Å²) in [5, 5.41) is 0. The van der Waals surface area contributed by atoms with Crippen LogP contribution in [0.2, 0.25) is 0 Å². The number of ether oxygens (including phenoxy) is 4. The van der Waals surface area contributed by atoms with Crippen LogP contribution in [0.5, 0.6) is 0 Å². The van der Waals surface area contributed by atoms with Crippen molar-refractivity contribution >= 4 is 0 Å². The fourth-order valence-corrected chi connectivity index (χ4v) is 0.989. The summed E-state index contributed by atoms with van der Waals surface area (Å²) < 4.78 is 21.0. The molecule has 0 aliphatic carbocycles. The van der Waals surface area contributed by atoms with Crippen molar-refractivity contribution in [2.75, 3.05) is 59.4 Å². The van der Waals surface area contributed by atoms with Crippen molar-refractivity contribution in [1.82, 2.24) is 0 Å². The molecule has 5 nitrogen and oxygen atoms in total. The second kappa shape index (κ2) is 31.3. The number of hydrogen-bond donors (Lipinski definition) is 1. The number of nitrogens with two attached hydrogens (primary N) is 1. The molecule has 0 atom stereocenters. The third kappa shape index (κ3) is 30.7. The van der Waals surface area contributed by atoms with E-state index in [1.54, 1.807) is 0 Å². The Kier molecular flexibility index (Phi) is 38.8. The third-order valence-electron chi connectivity index (χ3n) is 1.73. The van der Waals surface area contributed by atoms with Crippen LogP contribution in [0.15, 0.2) is 0 Å². The highest BCUT2D eigenvalue weighted by atomic mass is 16.6. The van der Waals surface area contributed by atoms with E-state index in [0.29, 0.717) is 52.8 Å². The molecule has 0 fully saturated rings. The monoisotopic (exact) mass is 297 g/mol. The predicted octanol–water partition coefficient (Wildman–Crippen LogP) is 2.72. The summed E-state index contributed by atoms with van der Waals surface area (Å²) in [6.07, 6.45) is 1.05. The van der Waals surface area contributed by atoms with Gasteiger partial charge in [-0.3, -0.25) is 0 Å². The van der Waals surface area contributed by atoms with Crippen LogP contribution in [0.1, 0.15) is 42.5 Å². The van der Waals surface area contributed by atoms with Gasteiger partial charge in [0.05, 0.1) is 46.2 Å². The first kappa shape index (κ1) is 24.8. The zero-order chi connectivity index (χ0) is 15.9. The molecule has 0 heterocycles. The summed E-state index contributed by atoms with van der Waals surface area (Å²) in [6.45, 7) is 15.7. The van der Waals surface area contributed by atoms with E-state index in [1.807, 2.05) is 27.7 Å². The second-order valence-electron chi connectivity index (χ2n) is 3.24. The lowest BCUT2D eigenvalue weighted by molar-refractivity contribution is -0.000903. The standard InChI is InChI=1S/C11H25NO4.2C2H6.H2/c1-2-4-13-6-8-15-10-11-16-9-7-14-5-3-12;2*1-2;/h2-12H2,1H3;2*1-2H3;1H. The molecule has 2 N–H and O–H groups in total. The molecular weight excluding hydrogens is 258 g/mol.